The van der Waals surface area contributed by atoms with E-state index in [4.69, 9.17) is 5.26 Å². The molecule has 0 amide bonds. The monoisotopic (exact) mass is 289 g/mol. The Balaban J connectivity index is 3.44. The zero-order chi connectivity index (χ0) is 14.6. The van der Waals surface area contributed by atoms with Crippen LogP contribution >= 0.6 is 11.8 Å². The third-order valence-corrected chi connectivity index (χ3v) is 3.09. The minimum atomic E-state index is -4.52. The highest BCUT2D eigenvalue weighted by Crippen LogP contribution is 2.40. The van der Waals surface area contributed by atoms with Crippen molar-refractivity contribution < 1.29 is 22.7 Å². The first-order valence-corrected chi connectivity index (χ1v) is 6.05. The number of esters is 1. The average molecular weight is 289 g/mol. The quantitative estimate of drug-likeness (QED) is 0.631. The number of hydrogen-bond donors (Lipinski definition) is 0. The molecule has 0 heterocycles. The molecule has 102 valence electrons. The highest BCUT2D eigenvalue weighted by Gasteiger charge is 2.32. The maximum atomic E-state index is 12.4. The fourth-order valence-corrected chi connectivity index (χ4v) is 2.19. The van der Waals surface area contributed by atoms with Crippen LogP contribution in [0.5, 0.6) is 0 Å². The van der Waals surface area contributed by atoms with E-state index in [9.17, 15) is 18.0 Å². The molecule has 19 heavy (non-hydrogen) atoms. The number of carbonyl (C=O) groups is 1. The largest absolute Gasteiger partial charge is 0.465 e. The van der Waals surface area contributed by atoms with Crippen LogP contribution in [0.3, 0.4) is 0 Å². The van der Waals surface area contributed by atoms with Gasteiger partial charge in [-0.3, -0.25) is 0 Å². The van der Waals surface area contributed by atoms with Gasteiger partial charge in [0.1, 0.15) is 6.07 Å². The summed E-state index contributed by atoms with van der Waals surface area (Å²) in [5.41, 5.74) is -4.45. The number of methoxy groups -OCH3 is 1. The van der Waals surface area contributed by atoms with Gasteiger partial charge in [-0.1, -0.05) is 6.92 Å². The van der Waals surface area contributed by atoms with Gasteiger partial charge in [0.15, 0.2) is 0 Å². The van der Waals surface area contributed by atoms with Gasteiger partial charge in [-0.2, -0.15) is 18.4 Å². The van der Waals surface area contributed by atoms with Crippen molar-refractivity contribution in [3.05, 3.63) is 28.8 Å². The van der Waals surface area contributed by atoms with Crippen molar-refractivity contribution in [1.82, 2.24) is 0 Å². The Kier molecular flexibility index (Phi) is 4.84. The molecule has 0 unspecified atom stereocenters. The van der Waals surface area contributed by atoms with Crippen molar-refractivity contribution in [2.75, 3.05) is 7.11 Å². The topological polar surface area (TPSA) is 50.1 Å². The number of halogens is 3. The lowest BCUT2D eigenvalue weighted by Gasteiger charge is -2.12. The molecule has 0 bridgehead atoms. The maximum Gasteiger partial charge on any atom is 0.446 e. The van der Waals surface area contributed by atoms with Crippen molar-refractivity contribution in [2.45, 2.75) is 23.7 Å². The summed E-state index contributed by atoms with van der Waals surface area (Å²) in [4.78, 5) is 11.2. The standard InChI is InChI=1S/C12H10F3NO2S/c1-3-7-4-8(11(17)18-2)9(6-16)10(5-7)19-12(13,14)15/h4-5H,3H2,1-2H3. The molecule has 0 radical (unpaired) electrons. The lowest BCUT2D eigenvalue weighted by molar-refractivity contribution is -0.0328. The second-order valence-electron chi connectivity index (χ2n) is 3.52. The molecule has 1 aromatic carbocycles. The number of benzene rings is 1. The van der Waals surface area contributed by atoms with Gasteiger partial charge in [0.05, 0.1) is 18.2 Å². The number of ether oxygens (including phenoxy) is 1. The zero-order valence-electron chi connectivity index (χ0n) is 10.2. The van der Waals surface area contributed by atoms with Crippen LogP contribution in [-0.4, -0.2) is 18.6 Å². The molecule has 0 atom stereocenters. The molecule has 0 spiro atoms. The highest BCUT2D eigenvalue weighted by molar-refractivity contribution is 8.00. The van der Waals surface area contributed by atoms with Gasteiger partial charge < -0.3 is 4.74 Å². The molecule has 1 rings (SSSR count). The normalized spacial score (nSPS) is 10.9. The molecule has 7 heteroatoms. The third-order valence-electron chi connectivity index (χ3n) is 2.31. The SMILES string of the molecule is CCc1cc(SC(F)(F)F)c(C#N)c(C(=O)OC)c1. The molecule has 3 nitrogen and oxygen atoms in total. The third kappa shape index (κ3) is 3.89. The Bertz CT molecular complexity index is 535. The summed E-state index contributed by atoms with van der Waals surface area (Å²) in [6.07, 6.45) is 0.446. The zero-order valence-corrected chi connectivity index (χ0v) is 11.0. The van der Waals surface area contributed by atoms with Gasteiger partial charge in [-0.25, -0.2) is 4.79 Å². The van der Waals surface area contributed by atoms with Crippen LogP contribution in [0.25, 0.3) is 0 Å². The number of carbonyl (C=O) groups excluding carboxylic acids is 1. The van der Waals surface area contributed by atoms with E-state index in [2.05, 4.69) is 4.74 Å². The van der Waals surface area contributed by atoms with Crippen LogP contribution in [0.15, 0.2) is 17.0 Å². The van der Waals surface area contributed by atoms with E-state index in [-0.39, 0.29) is 16.0 Å². The first kappa shape index (κ1) is 15.4. The van der Waals surface area contributed by atoms with Crippen LogP contribution in [0.4, 0.5) is 13.2 Å². The van der Waals surface area contributed by atoms with Crippen LogP contribution in [0.2, 0.25) is 0 Å². The Hall–Kier alpha value is -1.68. The van der Waals surface area contributed by atoms with Crippen molar-refractivity contribution in [2.24, 2.45) is 0 Å². The second-order valence-corrected chi connectivity index (χ2v) is 4.63. The lowest BCUT2D eigenvalue weighted by atomic mass is 10.0. The molecule has 0 fully saturated rings. The average Bonchev–Trinajstić information content (AvgIpc) is 2.34. The van der Waals surface area contributed by atoms with Crippen molar-refractivity contribution in [3.63, 3.8) is 0 Å². The molecule has 0 saturated heterocycles. The van der Waals surface area contributed by atoms with Crippen molar-refractivity contribution in [1.29, 1.82) is 5.26 Å². The number of nitrogens with zero attached hydrogens (tertiary/aromatic N) is 1. The predicted octanol–water partition coefficient (Wildman–Crippen LogP) is 3.52. The Morgan fingerprint density at radius 2 is 2.11 bits per heavy atom. The molecule has 0 aliphatic carbocycles. The number of hydrogen-bond acceptors (Lipinski definition) is 4. The Morgan fingerprint density at radius 1 is 1.47 bits per heavy atom. The molecular weight excluding hydrogens is 279 g/mol. The molecule has 0 aromatic heterocycles. The number of aryl methyl sites for hydroxylation is 1. The van der Waals surface area contributed by atoms with Gasteiger partial charge in [0, 0.05) is 4.90 Å². The van der Waals surface area contributed by atoms with Gasteiger partial charge in [0.25, 0.3) is 0 Å². The minimum absolute atomic E-state index is 0.142. The summed E-state index contributed by atoms with van der Waals surface area (Å²) in [7, 11) is 1.11. The maximum absolute atomic E-state index is 12.4. The molecule has 0 saturated carbocycles. The van der Waals surface area contributed by atoms with Crippen molar-refractivity contribution in [3.8, 4) is 6.07 Å². The van der Waals surface area contributed by atoms with Crippen LogP contribution in [-0.2, 0) is 11.2 Å². The van der Waals surface area contributed by atoms with E-state index < -0.39 is 23.2 Å². The number of rotatable bonds is 3. The van der Waals surface area contributed by atoms with Crippen LogP contribution in [0, 0.1) is 11.3 Å². The van der Waals surface area contributed by atoms with Crippen molar-refractivity contribution >= 4 is 17.7 Å². The van der Waals surface area contributed by atoms with Gasteiger partial charge in [-0.15, -0.1) is 0 Å². The van der Waals surface area contributed by atoms with Gasteiger partial charge >= 0.3 is 11.5 Å². The molecular formula is C12H10F3NO2S. The lowest BCUT2D eigenvalue weighted by Crippen LogP contribution is -2.08. The molecule has 0 aliphatic heterocycles. The Labute approximate surface area is 112 Å². The fraction of sp³-hybridized carbons (Fsp3) is 0.333. The summed E-state index contributed by atoms with van der Waals surface area (Å²) < 4.78 is 41.8. The predicted molar refractivity (Wildman–Crippen MR) is 63.8 cm³/mol. The second kappa shape index (κ2) is 5.97. The number of nitriles is 1. The summed E-state index contributed by atoms with van der Waals surface area (Å²) in [6.45, 7) is 1.74. The van der Waals surface area contributed by atoms with Crippen LogP contribution < -0.4 is 0 Å². The van der Waals surface area contributed by atoms with E-state index in [1.807, 2.05) is 0 Å². The van der Waals surface area contributed by atoms with E-state index in [1.54, 1.807) is 13.0 Å². The summed E-state index contributed by atoms with van der Waals surface area (Å²) in [6, 6.07) is 4.28. The first-order valence-electron chi connectivity index (χ1n) is 5.23. The summed E-state index contributed by atoms with van der Waals surface area (Å²) >= 11 is -0.407. The van der Waals surface area contributed by atoms with Gasteiger partial charge in [-0.05, 0) is 35.9 Å². The molecule has 0 N–H and O–H groups in total. The van der Waals surface area contributed by atoms with Crippen LogP contribution in [0.1, 0.15) is 28.4 Å². The molecule has 1 aromatic rings. The number of thioether (sulfide) groups is 1. The molecule has 0 aliphatic rings. The fourth-order valence-electron chi connectivity index (χ4n) is 1.47. The summed E-state index contributed by atoms with van der Waals surface area (Å²) in [5, 5.41) is 8.97. The minimum Gasteiger partial charge on any atom is -0.465 e. The van der Waals surface area contributed by atoms with E-state index in [1.165, 1.54) is 12.1 Å². The first-order chi connectivity index (χ1) is 8.82. The van der Waals surface area contributed by atoms with E-state index in [0.29, 0.717) is 12.0 Å². The highest BCUT2D eigenvalue weighted by atomic mass is 32.2. The smallest absolute Gasteiger partial charge is 0.446 e. The van der Waals surface area contributed by atoms with E-state index >= 15 is 0 Å². The Morgan fingerprint density at radius 3 is 2.53 bits per heavy atom. The summed E-state index contributed by atoms with van der Waals surface area (Å²) in [5.74, 6) is -0.823. The van der Waals surface area contributed by atoms with E-state index in [0.717, 1.165) is 7.11 Å². The van der Waals surface area contributed by atoms with Gasteiger partial charge in [0.2, 0.25) is 0 Å². The number of alkyl halides is 3.